The fraction of sp³-hybridized carbons (Fsp3) is 0.125. The van der Waals surface area contributed by atoms with Gasteiger partial charge >= 0.3 is 5.97 Å². The molecule has 12 heteroatoms. The molecule has 0 fully saturated rings. The van der Waals surface area contributed by atoms with Crippen molar-refractivity contribution in [2.24, 2.45) is 5.10 Å². The Bertz CT molecular complexity index is 1410. The predicted molar refractivity (Wildman–Crippen MR) is 137 cm³/mol. The normalized spacial score (nSPS) is 11.3. The number of nitrogens with zero attached hydrogens (tertiary/aromatic N) is 1. The molecule has 0 aliphatic carbocycles. The Balaban J connectivity index is 1.58. The molecule has 3 rings (SSSR count). The molecule has 0 heterocycles. The number of carbonyl (C=O) groups is 2. The van der Waals surface area contributed by atoms with Crippen LogP contribution in [0.15, 0.2) is 70.7 Å². The molecule has 2 N–H and O–H groups in total. The summed E-state index contributed by atoms with van der Waals surface area (Å²) in [6, 6.07) is 15.2. The zero-order chi connectivity index (χ0) is 26.3. The first-order valence-electron chi connectivity index (χ1n) is 10.3. The minimum absolute atomic E-state index is 0.0515. The van der Waals surface area contributed by atoms with Gasteiger partial charge in [-0.1, -0.05) is 40.9 Å². The van der Waals surface area contributed by atoms with Crippen molar-refractivity contribution >= 4 is 51.3 Å². The highest BCUT2D eigenvalue weighted by atomic mass is 35.5. The van der Waals surface area contributed by atoms with E-state index in [1.165, 1.54) is 55.8 Å². The van der Waals surface area contributed by atoms with Crippen LogP contribution in [0.25, 0.3) is 0 Å². The Morgan fingerprint density at radius 1 is 1.00 bits per heavy atom. The van der Waals surface area contributed by atoms with Gasteiger partial charge in [0.2, 0.25) is 10.0 Å². The van der Waals surface area contributed by atoms with Gasteiger partial charge in [-0.3, -0.25) is 4.79 Å². The summed E-state index contributed by atoms with van der Waals surface area (Å²) in [5.74, 6) is -0.995. The molecule has 36 heavy (non-hydrogen) atoms. The highest BCUT2D eigenvalue weighted by molar-refractivity contribution is 7.89. The topological polar surface area (TPSA) is 123 Å². The number of aryl methyl sites for hydroxylation is 1. The largest absolute Gasteiger partial charge is 0.493 e. The number of methoxy groups -OCH3 is 1. The van der Waals surface area contributed by atoms with Gasteiger partial charge in [0.1, 0.15) is 0 Å². The van der Waals surface area contributed by atoms with Crippen LogP contribution >= 0.6 is 23.2 Å². The van der Waals surface area contributed by atoms with E-state index in [1.54, 1.807) is 18.2 Å². The van der Waals surface area contributed by atoms with Crippen molar-refractivity contribution in [2.75, 3.05) is 13.7 Å². The van der Waals surface area contributed by atoms with Gasteiger partial charge in [0.15, 0.2) is 11.5 Å². The van der Waals surface area contributed by atoms with Crippen LogP contribution < -0.4 is 19.6 Å². The van der Waals surface area contributed by atoms with Crippen LogP contribution in [0.4, 0.5) is 0 Å². The zero-order valence-electron chi connectivity index (χ0n) is 19.1. The molecular formula is C24H21Cl2N3O6S. The molecule has 3 aromatic rings. The molecule has 0 aliphatic heterocycles. The van der Waals surface area contributed by atoms with Crippen LogP contribution in [0.2, 0.25) is 10.0 Å². The quantitative estimate of drug-likeness (QED) is 0.180. The third-order valence-electron chi connectivity index (χ3n) is 4.70. The number of benzene rings is 3. The summed E-state index contributed by atoms with van der Waals surface area (Å²) in [6.45, 7) is 1.33. The highest BCUT2D eigenvalue weighted by Crippen LogP contribution is 2.30. The van der Waals surface area contributed by atoms with Crippen LogP contribution in [0, 0.1) is 6.92 Å². The molecule has 0 saturated heterocycles. The molecule has 0 aromatic heterocycles. The molecule has 1 amide bonds. The SMILES string of the molecule is COc1cc(/C=N\NC(=O)CNS(=O)(=O)c2ccc(C)cc2)ccc1OC(=O)c1ccc(Cl)cc1Cl. The number of hydrogen-bond donors (Lipinski definition) is 2. The first-order chi connectivity index (χ1) is 17.1. The number of rotatable bonds is 9. The van der Waals surface area contributed by atoms with Crippen LogP contribution in [0.5, 0.6) is 11.5 Å². The van der Waals surface area contributed by atoms with Gasteiger partial charge in [-0.2, -0.15) is 5.10 Å². The number of halogens is 2. The van der Waals surface area contributed by atoms with E-state index in [0.717, 1.165) is 5.56 Å². The van der Waals surface area contributed by atoms with Gasteiger partial charge in [0, 0.05) is 5.02 Å². The smallest absolute Gasteiger partial charge is 0.345 e. The van der Waals surface area contributed by atoms with Gasteiger partial charge in [-0.05, 0) is 61.0 Å². The van der Waals surface area contributed by atoms with Crippen LogP contribution in [-0.2, 0) is 14.8 Å². The second-order valence-corrected chi connectivity index (χ2v) is 9.97. The Kier molecular flexibility index (Phi) is 9.05. The van der Waals surface area contributed by atoms with Gasteiger partial charge in [-0.25, -0.2) is 23.4 Å². The molecule has 0 radical (unpaired) electrons. The Hall–Kier alpha value is -3.44. The standard InChI is InChI=1S/C24H21Cl2N3O6S/c1-15-3-7-18(8-4-15)36(32,33)28-14-23(30)29-27-13-16-5-10-21(22(11-16)34-2)35-24(31)19-9-6-17(25)12-20(19)26/h3-13,28H,14H2,1-2H3,(H,29,30)/b27-13-. The maximum absolute atomic E-state index is 12.5. The summed E-state index contributed by atoms with van der Waals surface area (Å²) in [7, 11) is -2.44. The number of sulfonamides is 1. The fourth-order valence-electron chi connectivity index (χ4n) is 2.84. The van der Waals surface area contributed by atoms with Crippen molar-refractivity contribution in [2.45, 2.75) is 11.8 Å². The number of carbonyl (C=O) groups excluding carboxylic acids is 2. The van der Waals surface area contributed by atoms with Crippen molar-refractivity contribution in [1.82, 2.24) is 10.1 Å². The second kappa shape index (κ2) is 12.0. The lowest BCUT2D eigenvalue weighted by Crippen LogP contribution is -2.34. The first kappa shape index (κ1) is 27.2. The monoisotopic (exact) mass is 549 g/mol. The third-order valence-corrected chi connectivity index (χ3v) is 6.66. The minimum atomic E-state index is -3.83. The van der Waals surface area contributed by atoms with E-state index in [2.05, 4.69) is 15.2 Å². The molecule has 0 atom stereocenters. The minimum Gasteiger partial charge on any atom is -0.493 e. The number of hydrogen-bond acceptors (Lipinski definition) is 7. The van der Waals surface area contributed by atoms with Crippen molar-refractivity contribution in [3.8, 4) is 11.5 Å². The van der Waals surface area contributed by atoms with Crippen molar-refractivity contribution in [3.05, 3.63) is 87.4 Å². The number of nitrogens with one attached hydrogen (secondary N) is 2. The highest BCUT2D eigenvalue weighted by Gasteiger charge is 2.17. The number of hydrazone groups is 1. The lowest BCUT2D eigenvalue weighted by molar-refractivity contribution is -0.119. The van der Waals surface area contributed by atoms with E-state index in [9.17, 15) is 18.0 Å². The lowest BCUT2D eigenvalue weighted by atomic mass is 10.2. The van der Waals surface area contributed by atoms with E-state index in [4.69, 9.17) is 32.7 Å². The summed E-state index contributed by atoms with van der Waals surface area (Å²) in [5.41, 5.74) is 3.79. The molecule has 0 unspecified atom stereocenters. The molecule has 0 saturated carbocycles. The van der Waals surface area contributed by atoms with Crippen LogP contribution in [0.3, 0.4) is 0 Å². The van der Waals surface area contributed by atoms with E-state index >= 15 is 0 Å². The average Bonchev–Trinajstić information content (AvgIpc) is 2.83. The fourth-order valence-corrected chi connectivity index (χ4v) is 4.31. The number of esters is 1. The van der Waals surface area contributed by atoms with Gasteiger partial charge in [0.25, 0.3) is 5.91 Å². The maximum Gasteiger partial charge on any atom is 0.345 e. The molecular weight excluding hydrogens is 529 g/mol. The molecule has 0 spiro atoms. The summed E-state index contributed by atoms with van der Waals surface area (Å²) in [6.07, 6.45) is 1.32. The maximum atomic E-state index is 12.5. The lowest BCUT2D eigenvalue weighted by Gasteiger charge is -2.10. The second-order valence-electron chi connectivity index (χ2n) is 7.35. The van der Waals surface area contributed by atoms with Crippen LogP contribution in [0.1, 0.15) is 21.5 Å². The van der Waals surface area contributed by atoms with Gasteiger partial charge in [0.05, 0.1) is 35.4 Å². The molecule has 188 valence electrons. The zero-order valence-corrected chi connectivity index (χ0v) is 21.4. The molecule has 0 aliphatic rings. The van der Waals surface area contributed by atoms with Crippen molar-refractivity contribution in [3.63, 3.8) is 0 Å². The van der Waals surface area contributed by atoms with E-state index in [-0.39, 0.29) is 27.0 Å². The third kappa shape index (κ3) is 7.28. The predicted octanol–water partition coefficient (Wildman–Crippen LogP) is 3.96. The molecule has 0 bridgehead atoms. The molecule has 9 nitrogen and oxygen atoms in total. The van der Waals surface area contributed by atoms with Crippen molar-refractivity contribution < 1.29 is 27.5 Å². The van der Waals surface area contributed by atoms with E-state index in [1.807, 2.05) is 6.92 Å². The summed E-state index contributed by atoms with van der Waals surface area (Å²) in [5, 5.41) is 4.34. The van der Waals surface area contributed by atoms with Gasteiger partial charge < -0.3 is 9.47 Å². The Morgan fingerprint density at radius 2 is 1.72 bits per heavy atom. The average molecular weight is 550 g/mol. The number of ether oxygens (including phenoxy) is 2. The van der Waals surface area contributed by atoms with Crippen molar-refractivity contribution in [1.29, 1.82) is 0 Å². The molecule has 3 aromatic carbocycles. The summed E-state index contributed by atoms with van der Waals surface area (Å²) in [4.78, 5) is 24.5. The summed E-state index contributed by atoms with van der Waals surface area (Å²) < 4.78 is 37.4. The number of amides is 1. The first-order valence-corrected chi connectivity index (χ1v) is 12.6. The summed E-state index contributed by atoms with van der Waals surface area (Å²) >= 11 is 11.9. The van der Waals surface area contributed by atoms with E-state index in [0.29, 0.717) is 10.6 Å². The Morgan fingerprint density at radius 3 is 2.39 bits per heavy atom. The Labute approximate surface area is 218 Å². The van der Waals surface area contributed by atoms with Gasteiger partial charge in [-0.15, -0.1) is 0 Å². The van der Waals surface area contributed by atoms with Crippen LogP contribution in [-0.4, -0.2) is 40.2 Å². The van der Waals surface area contributed by atoms with E-state index < -0.39 is 28.4 Å².